The standard InChI is InChI=1S/C27H28ClN3O5/c1-3-14-36-27(35)19-7-5-9-21(16-19)31-25(33)22(28)23(26(31)34)29-20-8-4-6-18(15-20)24(32)30-12-10-17(2)11-13-30/h4-9,15-17,29H,3,10-14H2,1-2H3. The van der Waals surface area contributed by atoms with Crippen molar-refractivity contribution in [1.82, 2.24) is 4.90 Å². The van der Waals surface area contributed by atoms with Crippen LogP contribution in [0.3, 0.4) is 0 Å². The Hall–Kier alpha value is -3.65. The van der Waals surface area contributed by atoms with Crippen LogP contribution in [0.1, 0.15) is 53.8 Å². The van der Waals surface area contributed by atoms with E-state index in [1.165, 1.54) is 12.1 Å². The molecule has 1 saturated heterocycles. The molecule has 0 saturated carbocycles. The number of amides is 3. The van der Waals surface area contributed by atoms with Gasteiger partial charge in [0.2, 0.25) is 0 Å². The largest absolute Gasteiger partial charge is 0.462 e. The van der Waals surface area contributed by atoms with Gasteiger partial charge < -0.3 is 15.0 Å². The van der Waals surface area contributed by atoms with Crippen molar-refractivity contribution in [1.29, 1.82) is 0 Å². The Morgan fingerprint density at radius 3 is 2.44 bits per heavy atom. The summed E-state index contributed by atoms with van der Waals surface area (Å²) >= 11 is 6.26. The van der Waals surface area contributed by atoms with Crippen LogP contribution in [0, 0.1) is 5.92 Å². The number of halogens is 1. The first-order chi connectivity index (χ1) is 17.3. The Morgan fingerprint density at radius 1 is 1.03 bits per heavy atom. The van der Waals surface area contributed by atoms with E-state index in [1.54, 1.807) is 36.4 Å². The molecule has 0 aromatic heterocycles. The van der Waals surface area contributed by atoms with E-state index in [9.17, 15) is 19.2 Å². The first-order valence-corrected chi connectivity index (χ1v) is 12.4. The minimum absolute atomic E-state index is 0.0761. The maximum absolute atomic E-state index is 13.2. The average Bonchev–Trinajstić information content (AvgIpc) is 3.10. The van der Waals surface area contributed by atoms with Gasteiger partial charge in [0, 0.05) is 24.3 Å². The smallest absolute Gasteiger partial charge is 0.338 e. The fourth-order valence-corrected chi connectivity index (χ4v) is 4.38. The number of ether oxygens (including phenoxy) is 1. The van der Waals surface area contributed by atoms with Crippen molar-refractivity contribution in [2.45, 2.75) is 33.1 Å². The Kier molecular flexibility index (Phi) is 7.74. The summed E-state index contributed by atoms with van der Waals surface area (Å²) in [5.41, 5.74) is 1.26. The van der Waals surface area contributed by atoms with Crippen molar-refractivity contribution in [2.75, 3.05) is 29.9 Å². The number of hydrogen-bond acceptors (Lipinski definition) is 6. The topological polar surface area (TPSA) is 96.0 Å². The summed E-state index contributed by atoms with van der Waals surface area (Å²) in [6.07, 6.45) is 2.61. The number of benzene rings is 2. The van der Waals surface area contributed by atoms with E-state index in [-0.39, 0.29) is 34.5 Å². The zero-order chi connectivity index (χ0) is 25.8. The molecule has 0 aliphatic carbocycles. The molecule has 0 bridgehead atoms. The molecule has 0 spiro atoms. The summed E-state index contributed by atoms with van der Waals surface area (Å²) in [5, 5.41) is 2.64. The predicted octanol–water partition coefficient (Wildman–Crippen LogP) is 4.56. The highest BCUT2D eigenvalue weighted by Crippen LogP contribution is 2.31. The minimum Gasteiger partial charge on any atom is -0.462 e. The highest BCUT2D eigenvalue weighted by Gasteiger charge is 2.39. The number of piperidine rings is 1. The molecule has 9 heteroatoms. The fourth-order valence-electron chi connectivity index (χ4n) is 4.16. The molecule has 3 amide bonds. The van der Waals surface area contributed by atoms with E-state index in [1.807, 2.05) is 11.8 Å². The van der Waals surface area contributed by atoms with Gasteiger partial charge >= 0.3 is 5.97 Å². The van der Waals surface area contributed by atoms with Crippen LogP contribution >= 0.6 is 11.6 Å². The molecule has 4 rings (SSSR count). The Balaban J connectivity index is 1.51. The summed E-state index contributed by atoms with van der Waals surface area (Å²) < 4.78 is 5.14. The van der Waals surface area contributed by atoms with Crippen molar-refractivity contribution in [3.63, 3.8) is 0 Å². The molecule has 1 fully saturated rings. The second kappa shape index (κ2) is 11.0. The van der Waals surface area contributed by atoms with Crippen LogP contribution in [0.4, 0.5) is 11.4 Å². The van der Waals surface area contributed by atoms with E-state index in [4.69, 9.17) is 16.3 Å². The molecule has 8 nitrogen and oxygen atoms in total. The van der Waals surface area contributed by atoms with Gasteiger partial charge in [-0.15, -0.1) is 0 Å². The third kappa shape index (κ3) is 5.28. The molecular weight excluding hydrogens is 482 g/mol. The van der Waals surface area contributed by atoms with Gasteiger partial charge in [0.1, 0.15) is 10.7 Å². The van der Waals surface area contributed by atoms with Crippen LogP contribution in [0.2, 0.25) is 0 Å². The molecule has 188 valence electrons. The summed E-state index contributed by atoms with van der Waals surface area (Å²) in [7, 11) is 0. The second-order valence-corrected chi connectivity index (χ2v) is 9.38. The lowest BCUT2D eigenvalue weighted by Gasteiger charge is -2.30. The van der Waals surface area contributed by atoms with Gasteiger partial charge in [-0.2, -0.15) is 0 Å². The van der Waals surface area contributed by atoms with Crippen LogP contribution in [0.15, 0.2) is 59.3 Å². The minimum atomic E-state index is -0.710. The van der Waals surface area contributed by atoms with Crippen molar-refractivity contribution >= 4 is 46.7 Å². The van der Waals surface area contributed by atoms with E-state index < -0.39 is 17.8 Å². The lowest BCUT2D eigenvalue weighted by Crippen LogP contribution is -2.37. The number of anilines is 2. The van der Waals surface area contributed by atoms with E-state index in [0.29, 0.717) is 36.7 Å². The van der Waals surface area contributed by atoms with Crippen LogP contribution in [-0.2, 0) is 14.3 Å². The molecule has 2 aliphatic rings. The van der Waals surface area contributed by atoms with Crippen molar-refractivity contribution < 1.29 is 23.9 Å². The molecule has 1 N–H and O–H groups in total. The third-order valence-corrected chi connectivity index (χ3v) is 6.60. The number of likely N-dealkylation sites (tertiary alicyclic amines) is 1. The van der Waals surface area contributed by atoms with Gasteiger partial charge in [-0.1, -0.05) is 37.6 Å². The molecule has 0 radical (unpaired) electrons. The predicted molar refractivity (Wildman–Crippen MR) is 137 cm³/mol. The monoisotopic (exact) mass is 509 g/mol. The highest BCUT2D eigenvalue weighted by atomic mass is 35.5. The zero-order valence-electron chi connectivity index (χ0n) is 20.3. The van der Waals surface area contributed by atoms with Gasteiger partial charge in [-0.25, -0.2) is 9.69 Å². The molecule has 2 aliphatic heterocycles. The lowest BCUT2D eigenvalue weighted by molar-refractivity contribution is -0.120. The molecule has 2 heterocycles. The van der Waals surface area contributed by atoms with Crippen LogP contribution < -0.4 is 10.2 Å². The van der Waals surface area contributed by atoms with Crippen LogP contribution in [0.5, 0.6) is 0 Å². The quantitative estimate of drug-likeness (QED) is 0.434. The van der Waals surface area contributed by atoms with Crippen molar-refractivity contribution in [3.8, 4) is 0 Å². The summed E-state index contributed by atoms with van der Waals surface area (Å²) in [6.45, 7) is 5.75. The molecule has 2 aromatic carbocycles. The number of esters is 1. The number of carbonyl (C=O) groups excluding carboxylic acids is 4. The first kappa shape index (κ1) is 25.4. The summed E-state index contributed by atoms with van der Waals surface area (Å²) in [5.74, 6) is -1.39. The molecular formula is C27H28ClN3O5. The molecule has 0 unspecified atom stereocenters. The van der Waals surface area contributed by atoms with Gasteiger partial charge in [0.15, 0.2) is 0 Å². The molecule has 0 atom stereocenters. The number of carbonyl (C=O) groups is 4. The summed E-state index contributed by atoms with van der Waals surface area (Å²) in [4.78, 5) is 54.0. The van der Waals surface area contributed by atoms with Crippen LogP contribution in [-0.4, -0.2) is 48.3 Å². The van der Waals surface area contributed by atoms with Gasteiger partial charge in [0.25, 0.3) is 17.7 Å². The van der Waals surface area contributed by atoms with Gasteiger partial charge in [-0.05, 0) is 61.6 Å². The SMILES string of the molecule is CCCOC(=O)c1cccc(N2C(=O)C(Cl)=C(Nc3cccc(C(=O)N4CCC(C)CC4)c3)C2=O)c1. The maximum atomic E-state index is 13.2. The average molecular weight is 510 g/mol. The maximum Gasteiger partial charge on any atom is 0.338 e. The van der Waals surface area contributed by atoms with E-state index in [0.717, 1.165) is 17.7 Å². The lowest BCUT2D eigenvalue weighted by atomic mass is 9.98. The van der Waals surface area contributed by atoms with Gasteiger partial charge in [-0.3, -0.25) is 14.4 Å². The third-order valence-electron chi connectivity index (χ3n) is 6.25. The van der Waals surface area contributed by atoms with Crippen molar-refractivity contribution in [3.05, 3.63) is 70.4 Å². The Morgan fingerprint density at radius 2 is 1.72 bits per heavy atom. The number of hydrogen-bond donors (Lipinski definition) is 1. The van der Waals surface area contributed by atoms with E-state index in [2.05, 4.69) is 12.2 Å². The molecule has 2 aromatic rings. The van der Waals surface area contributed by atoms with E-state index >= 15 is 0 Å². The zero-order valence-corrected chi connectivity index (χ0v) is 21.0. The van der Waals surface area contributed by atoms with Gasteiger partial charge in [0.05, 0.1) is 17.9 Å². The first-order valence-electron chi connectivity index (χ1n) is 12.0. The number of imide groups is 1. The number of rotatable bonds is 7. The highest BCUT2D eigenvalue weighted by molar-refractivity contribution is 6.53. The fraction of sp³-hybridized carbons (Fsp3) is 0.333. The number of nitrogens with zero attached hydrogens (tertiary/aromatic N) is 2. The Labute approximate surface area is 214 Å². The number of nitrogens with one attached hydrogen (secondary N) is 1. The summed E-state index contributed by atoms with van der Waals surface area (Å²) in [6, 6.07) is 12.8. The second-order valence-electron chi connectivity index (χ2n) is 9.00. The molecule has 36 heavy (non-hydrogen) atoms. The van der Waals surface area contributed by atoms with Crippen LogP contribution in [0.25, 0.3) is 0 Å². The normalized spacial score (nSPS) is 16.5. The Bertz CT molecular complexity index is 1230. The van der Waals surface area contributed by atoms with Crippen molar-refractivity contribution in [2.24, 2.45) is 5.92 Å².